The Morgan fingerprint density at radius 2 is 1.30 bits per heavy atom. The Kier molecular flexibility index (Phi) is 3.54. The van der Waals surface area contributed by atoms with E-state index in [9.17, 15) is 0 Å². The normalized spacial score (nSPS) is 11.3. The molecule has 5 aromatic rings. The van der Waals surface area contributed by atoms with Crippen molar-refractivity contribution in [1.29, 1.82) is 0 Å². The van der Waals surface area contributed by atoms with Crippen LogP contribution in [0.5, 0.6) is 0 Å². The largest absolute Gasteiger partial charge is 0.276 e. The number of benzene rings is 3. The summed E-state index contributed by atoms with van der Waals surface area (Å²) in [4.78, 5) is 9.72. The second-order valence-electron chi connectivity index (χ2n) is 6.93. The number of imidazole rings is 1. The van der Waals surface area contributed by atoms with E-state index >= 15 is 0 Å². The maximum Gasteiger partial charge on any atom is 0.235 e. The maximum absolute atomic E-state index is 4.88. The van der Waals surface area contributed by atoms with Gasteiger partial charge in [0.1, 0.15) is 0 Å². The van der Waals surface area contributed by atoms with Gasteiger partial charge in [-0.3, -0.25) is 4.40 Å². The van der Waals surface area contributed by atoms with E-state index in [2.05, 4.69) is 72.8 Å². The summed E-state index contributed by atoms with van der Waals surface area (Å²) in [6.07, 6.45) is 0. The third kappa shape index (κ3) is 2.59. The highest BCUT2D eigenvalue weighted by Crippen LogP contribution is 2.30. The SMILES string of the molecule is Cc1cc2nc3nc(-c4ccccc4)cc(-c4ccccc4)n3c2cc1C. The molecule has 0 bridgehead atoms. The lowest BCUT2D eigenvalue weighted by molar-refractivity contribution is 1.14. The van der Waals surface area contributed by atoms with E-state index in [1.807, 2.05) is 24.3 Å². The van der Waals surface area contributed by atoms with Crippen LogP contribution in [0.25, 0.3) is 39.3 Å². The predicted octanol–water partition coefficient (Wildman–Crippen LogP) is 5.83. The number of aryl methyl sites for hydroxylation is 2. The van der Waals surface area contributed by atoms with Crippen LogP contribution >= 0.6 is 0 Å². The second kappa shape index (κ2) is 6.06. The van der Waals surface area contributed by atoms with Crippen LogP contribution in [0.3, 0.4) is 0 Å². The van der Waals surface area contributed by atoms with Crippen molar-refractivity contribution in [3.8, 4) is 22.5 Å². The van der Waals surface area contributed by atoms with Crippen molar-refractivity contribution in [2.45, 2.75) is 13.8 Å². The summed E-state index contributed by atoms with van der Waals surface area (Å²) in [5, 5.41) is 0. The topological polar surface area (TPSA) is 30.2 Å². The minimum atomic E-state index is 0.732. The van der Waals surface area contributed by atoms with Crippen LogP contribution in [0.4, 0.5) is 0 Å². The molecule has 0 amide bonds. The monoisotopic (exact) mass is 349 g/mol. The molecule has 0 saturated heterocycles. The molecule has 0 N–H and O–H groups in total. The zero-order valence-electron chi connectivity index (χ0n) is 15.3. The van der Waals surface area contributed by atoms with Crippen molar-refractivity contribution in [3.05, 3.63) is 90.0 Å². The van der Waals surface area contributed by atoms with Gasteiger partial charge in [0.2, 0.25) is 5.78 Å². The molecular weight excluding hydrogens is 330 g/mol. The van der Waals surface area contributed by atoms with Crippen molar-refractivity contribution in [2.24, 2.45) is 0 Å². The zero-order chi connectivity index (χ0) is 18.4. The van der Waals surface area contributed by atoms with E-state index in [0.29, 0.717) is 0 Å². The van der Waals surface area contributed by atoms with E-state index < -0.39 is 0 Å². The fraction of sp³-hybridized carbons (Fsp3) is 0.0833. The molecule has 0 aliphatic heterocycles. The molecule has 0 aliphatic carbocycles. The van der Waals surface area contributed by atoms with Gasteiger partial charge in [-0.05, 0) is 48.7 Å². The van der Waals surface area contributed by atoms with Crippen molar-refractivity contribution < 1.29 is 0 Å². The number of aromatic nitrogens is 3. The second-order valence-corrected chi connectivity index (χ2v) is 6.93. The third-order valence-electron chi connectivity index (χ3n) is 5.13. The number of nitrogens with zero attached hydrogens (tertiary/aromatic N) is 3. The molecule has 0 spiro atoms. The fourth-order valence-electron chi connectivity index (χ4n) is 3.54. The Bertz CT molecular complexity index is 1270. The molecule has 3 heteroatoms. The standard InChI is InChI=1S/C24H19N3/c1-16-13-21-23(14-17(16)2)27-22(19-11-7-4-8-12-19)15-20(25-24(27)26-21)18-9-5-3-6-10-18/h3-15H,1-2H3. The first-order chi connectivity index (χ1) is 13.2. The highest BCUT2D eigenvalue weighted by molar-refractivity contribution is 5.85. The van der Waals surface area contributed by atoms with Crippen LogP contribution in [-0.4, -0.2) is 14.4 Å². The van der Waals surface area contributed by atoms with Crippen LogP contribution in [0.1, 0.15) is 11.1 Å². The van der Waals surface area contributed by atoms with Gasteiger partial charge in [0, 0.05) is 5.56 Å². The van der Waals surface area contributed by atoms with E-state index in [4.69, 9.17) is 9.97 Å². The number of rotatable bonds is 2. The molecular formula is C24H19N3. The van der Waals surface area contributed by atoms with Gasteiger partial charge in [-0.1, -0.05) is 60.7 Å². The summed E-state index contributed by atoms with van der Waals surface area (Å²) >= 11 is 0. The molecule has 0 fully saturated rings. The summed E-state index contributed by atoms with van der Waals surface area (Å²) in [5.74, 6) is 0.732. The van der Waals surface area contributed by atoms with Crippen molar-refractivity contribution in [3.63, 3.8) is 0 Å². The first kappa shape index (κ1) is 15.8. The van der Waals surface area contributed by atoms with Crippen LogP contribution in [0.2, 0.25) is 0 Å². The van der Waals surface area contributed by atoms with Crippen molar-refractivity contribution in [1.82, 2.24) is 14.4 Å². The van der Waals surface area contributed by atoms with Gasteiger partial charge in [-0.15, -0.1) is 0 Å². The zero-order valence-corrected chi connectivity index (χ0v) is 15.3. The van der Waals surface area contributed by atoms with E-state index in [1.54, 1.807) is 0 Å². The Hall–Kier alpha value is -3.46. The molecule has 3 nitrogen and oxygen atoms in total. The lowest BCUT2D eigenvalue weighted by Crippen LogP contribution is -1.97. The molecule has 5 rings (SSSR count). The van der Waals surface area contributed by atoms with Gasteiger partial charge in [-0.25, -0.2) is 9.97 Å². The van der Waals surface area contributed by atoms with E-state index in [1.165, 1.54) is 11.1 Å². The average Bonchev–Trinajstić information content (AvgIpc) is 3.06. The smallest absolute Gasteiger partial charge is 0.235 e. The molecule has 0 radical (unpaired) electrons. The van der Waals surface area contributed by atoms with E-state index in [0.717, 1.165) is 39.3 Å². The molecule has 0 unspecified atom stereocenters. The minimum absolute atomic E-state index is 0.732. The van der Waals surface area contributed by atoms with Crippen molar-refractivity contribution in [2.75, 3.05) is 0 Å². The van der Waals surface area contributed by atoms with E-state index in [-0.39, 0.29) is 0 Å². The predicted molar refractivity (Wildman–Crippen MR) is 111 cm³/mol. The molecule has 0 aliphatic rings. The van der Waals surface area contributed by atoms with Gasteiger partial charge < -0.3 is 0 Å². The average molecular weight is 349 g/mol. The summed E-state index contributed by atoms with van der Waals surface area (Å²) in [6, 6.07) is 27.2. The number of hydrogen-bond donors (Lipinski definition) is 0. The maximum atomic E-state index is 4.88. The molecule has 27 heavy (non-hydrogen) atoms. The summed E-state index contributed by atoms with van der Waals surface area (Å²) < 4.78 is 2.17. The summed E-state index contributed by atoms with van der Waals surface area (Å²) in [6.45, 7) is 4.27. The summed E-state index contributed by atoms with van der Waals surface area (Å²) in [5.41, 5.74) is 8.87. The molecule has 3 aromatic carbocycles. The first-order valence-corrected chi connectivity index (χ1v) is 9.12. The Labute approximate surface area is 158 Å². The van der Waals surface area contributed by atoms with Crippen LogP contribution in [0.15, 0.2) is 78.9 Å². The summed E-state index contributed by atoms with van der Waals surface area (Å²) in [7, 11) is 0. The molecule has 2 aromatic heterocycles. The molecule has 0 saturated carbocycles. The Morgan fingerprint density at radius 3 is 2.00 bits per heavy atom. The number of hydrogen-bond acceptors (Lipinski definition) is 2. The lowest BCUT2D eigenvalue weighted by Gasteiger charge is -2.10. The highest BCUT2D eigenvalue weighted by atomic mass is 15.1. The highest BCUT2D eigenvalue weighted by Gasteiger charge is 2.15. The van der Waals surface area contributed by atoms with Gasteiger partial charge in [0.05, 0.1) is 22.4 Å². The Balaban J connectivity index is 1.91. The quantitative estimate of drug-likeness (QED) is 0.401. The van der Waals surface area contributed by atoms with Gasteiger partial charge in [-0.2, -0.15) is 0 Å². The molecule has 0 atom stereocenters. The Morgan fingerprint density at radius 1 is 0.667 bits per heavy atom. The third-order valence-corrected chi connectivity index (χ3v) is 5.13. The van der Waals surface area contributed by atoms with Crippen molar-refractivity contribution >= 4 is 16.8 Å². The van der Waals surface area contributed by atoms with Gasteiger partial charge in [0.15, 0.2) is 0 Å². The first-order valence-electron chi connectivity index (χ1n) is 9.12. The number of fused-ring (bicyclic) bond motifs is 3. The van der Waals surface area contributed by atoms with Gasteiger partial charge >= 0.3 is 0 Å². The lowest BCUT2D eigenvalue weighted by atomic mass is 10.1. The minimum Gasteiger partial charge on any atom is -0.276 e. The van der Waals surface area contributed by atoms with Crippen LogP contribution < -0.4 is 0 Å². The molecule has 130 valence electrons. The van der Waals surface area contributed by atoms with Gasteiger partial charge in [0.25, 0.3) is 0 Å². The van der Waals surface area contributed by atoms with Crippen LogP contribution in [-0.2, 0) is 0 Å². The molecule has 2 heterocycles. The fourth-order valence-corrected chi connectivity index (χ4v) is 3.54. The van der Waals surface area contributed by atoms with Crippen LogP contribution in [0, 0.1) is 13.8 Å².